The van der Waals surface area contributed by atoms with E-state index in [2.05, 4.69) is 5.32 Å². The van der Waals surface area contributed by atoms with Crippen LogP contribution in [0, 0.1) is 10.1 Å². The number of carbonyl (C=O) groups excluding carboxylic acids is 1. The van der Waals surface area contributed by atoms with Gasteiger partial charge in [-0.2, -0.15) is 0 Å². The van der Waals surface area contributed by atoms with Crippen LogP contribution in [0.4, 0.5) is 5.69 Å². The lowest BCUT2D eigenvalue weighted by atomic mass is 10.1. The predicted molar refractivity (Wildman–Crippen MR) is 82.0 cm³/mol. The first-order chi connectivity index (χ1) is 10.5. The maximum absolute atomic E-state index is 12.2. The van der Waals surface area contributed by atoms with Crippen molar-refractivity contribution in [2.45, 2.75) is 13.0 Å². The summed E-state index contributed by atoms with van der Waals surface area (Å²) in [6.45, 7) is 1.85. The van der Waals surface area contributed by atoms with Crippen LogP contribution in [0.15, 0.2) is 48.5 Å². The largest absolute Gasteiger partial charge is 0.496 e. The molecule has 0 aliphatic carbocycles. The Morgan fingerprint density at radius 3 is 2.41 bits per heavy atom. The van der Waals surface area contributed by atoms with Crippen molar-refractivity contribution in [1.82, 2.24) is 5.32 Å². The van der Waals surface area contributed by atoms with Gasteiger partial charge in [0.1, 0.15) is 5.75 Å². The van der Waals surface area contributed by atoms with Gasteiger partial charge in [-0.25, -0.2) is 0 Å². The molecule has 22 heavy (non-hydrogen) atoms. The van der Waals surface area contributed by atoms with Crippen molar-refractivity contribution in [1.29, 1.82) is 0 Å². The smallest absolute Gasteiger partial charge is 0.269 e. The molecule has 1 atom stereocenters. The molecule has 0 aromatic heterocycles. The molecule has 114 valence electrons. The molecule has 1 amide bonds. The zero-order chi connectivity index (χ0) is 16.1. The van der Waals surface area contributed by atoms with Gasteiger partial charge in [0, 0.05) is 23.3 Å². The lowest BCUT2D eigenvalue weighted by Crippen LogP contribution is -2.26. The molecule has 0 heterocycles. The summed E-state index contributed by atoms with van der Waals surface area (Å²) in [6, 6.07) is 12.7. The SMILES string of the molecule is COc1ccccc1C(C)NC(=O)c1ccc([N+](=O)[O-])cc1. The van der Waals surface area contributed by atoms with E-state index in [1.165, 1.54) is 24.3 Å². The third-order valence-electron chi connectivity index (χ3n) is 3.29. The number of amides is 1. The lowest BCUT2D eigenvalue weighted by molar-refractivity contribution is -0.384. The summed E-state index contributed by atoms with van der Waals surface area (Å²) >= 11 is 0. The summed E-state index contributed by atoms with van der Waals surface area (Å²) in [7, 11) is 1.57. The lowest BCUT2D eigenvalue weighted by Gasteiger charge is -2.17. The molecule has 0 radical (unpaired) electrons. The normalized spacial score (nSPS) is 11.5. The van der Waals surface area contributed by atoms with Crippen molar-refractivity contribution in [3.63, 3.8) is 0 Å². The number of nitrogens with zero attached hydrogens (tertiary/aromatic N) is 1. The van der Waals surface area contributed by atoms with E-state index < -0.39 is 4.92 Å². The first-order valence-electron chi connectivity index (χ1n) is 6.71. The van der Waals surface area contributed by atoms with E-state index in [1.54, 1.807) is 7.11 Å². The zero-order valence-corrected chi connectivity index (χ0v) is 12.3. The molecule has 0 bridgehead atoms. The maximum atomic E-state index is 12.2. The summed E-state index contributed by atoms with van der Waals surface area (Å²) in [5.74, 6) is 0.396. The van der Waals surface area contributed by atoms with Crippen molar-refractivity contribution in [2.24, 2.45) is 0 Å². The van der Waals surface area contributed by atoms with E-state index in [-0.39, 0.29) is 17.6 Å². The third-order valence-corrected chi connectivity index (χ3v) is 3.29. The van der Waals surface area contributed by atoms with Crippen molar-refractivity contribution in [3.05, 3.63) is 69.8 Å². The number of carbonyl (C=O) groups is 1. The van der Waals surface area contributed by atoms with Crippen molar-refractivity contribution in [3.8, 4) is 5.75 Å². The second kappa shape index (κ2) is 6.71. The fourth-order valence-corrected chi connectivity index (χ4v) is 2.12. The minimum Gasteiger partial charge on any atom is -0.496 e. The maximum Gasteiger partial charge on any atom is 0.269 e. The molecule has 1 N–H and O–H groups in total. The van der Waals surface area contributed by atoms with Gasteiger partial charge < -0.3 is 10.1 Å². The van der Waals surface area contributed by atoms with Crippen LogP contribution in [0.25, 0.3) is 0 Å². The fourth-order valence-electron chi connectivity index (χ4n) is 2.12. The molecule has 2 rings (SSSR count). The molecular weight excluding hydrogens is 284 g/mol. The monoisotopic (exact) mass is 300 g/mol. The number of hydrogen-bond acceptors (Lipinski definition) is 4. The topological polar surface area (TPSA) is 81.5 Å². The van der Waals surface area contributed by atoms with Gasteiger partial charge in [0.15, 0.2) is 0 Å². The number of non-ortho nitro benzene ring substituents is 1. The summed E-state index contributed by atoms with van der Waals surface area (Å²) in [6.07, 6.45) is 0. The molecule has 6 nitrogen and oxygen atoms in total. The van der Waals surface area contributed by atoms with Gasteiger partial charge in [-0.05, 0) is 25.1 Å². The molecule has 0 saturated heterocycles. The van der Waals surface area contributed by atoms with Gasteiger partial charge >= 0.3 is 0 Å². The van der Waals surface area contributed by atoms with Gasteiger partial charge in [-0.15, -0.1) is 0 Å². The predicted octanol–water partition coefficient (Wildman–Crippen LogP) is 3.09. The summed E-state index contributed by atoms with van der Waals surface area (Å²) in [4.78, 5) is 22.3. The Balaban J connectivity index is 2.12. The van der Waals surface area contributed by atoms with E-state index >= 15 is 0 Å². The average Bonchev–Trinajstić information content (AvgIpc) is 2.54. The van der Waals surface area contributed by atoms with Crippen LogP contribution in [-0.2, 0) is 0 Å². The molecule has 2 aromatic rings. The van der Waals surface area contributed by atoms with E-state index in [0.717, 1.165) is 5.56 Å². The van der Waals surface area contributed by atoms with Crippen LogP contribution < -0.4 is 10.1 Å². The number of nitrogens with one attached hydrogen (secondary N) is 1. The van der Waals surface area contributed by atoms with Crippen LogP contribution >= 0.6 is 0 Å². The van der Waals surface area contributed by atoms with Crippen LogP contribution in [0.1, 0.15) is 28.9 Å². The molecule has 1 unspecified atom stereocenters. The van der Waals surface area contributed by atoms with Crippen molar-refractivity contribution in [2.75, 3.05) is 7.11 Å². The highest BCUT2D eigenvalue weighted by molar-refractivity contribution is 5.94. The first-order valence-corrected chi connectivity index (χ1v) is 6.71. The number of benzene rings is 2. The quantitative estimate of drug-likeness (QED) is 0.679. The number of rotatable bonds is 5. The highest BCUT2D eigenvalue weighted by Crippen LogP contribution is 2.24. The summed E-state index contributed by atoms with van der Waals surface area (Å²) in [5.41, 5.74) is 1.18. The van der Waals surface area contributed by atoms with Gasteiger partial charge in [0.2, 0.25) is 0 Å². The molecule has 2 aromatic carbocycles. The second-order valence-corrected chi connectivity index (χ2v) is 4.74. The van der Waals surface area contributed by atoms with E-state index in [9.17, 15) is 14.9 Å². The molecule has 0 spiro atoms. The van der Waals surface area contributed by atoms with E-state index in [4.69, 9.17) is 4.74 Å². The van der Waals surface area contributed by atoms with Crippen LogP contribution in [0.5, 0.6) is 5.75 Å². The Hall–Kier alpha value is -2.89. The van der Waals surface area contributed by atoms with Crippen molar-refractivity contribution >= 4 is 11.6 Å². The minimum atomic E-state index is -0.501. The van der Waals surface area contributed by atoms with Crippen LogP contribution in [0.2, 0.25) is 0 Å². The molecule has 0 aliphatic rings. The van der Waals surface area contributed by atoms with Crippen molar-refractivity contribution < 1.29 is 14.5 Å². The van der Waals surface area contributed by atoms with E-state index in [0.29, 0.717) is 11.3 Å². The Labute approximate surface area is 127 Å². The van der Waals surface area contributed by atoms with Gasteiger partial charge in [0.25, 0.3) is 11.6 Å². The molecule has 0 saturated carbocycles. The highest BCUT2D eigenvalue weighted by Gasteiger charge is 2.15. The number of ether oxygens (including phenoxy) is 1. The molecule has 0 aliphatic heterocycles. The number of nitro groups is 1. The van der Waals surface area contributed by atoms with Gasteiger partial charge in [-0.1, -0.05) is 18.2 Å². The average molecular weight is 300 g/mol. The summed E-state index contributed by atoms with van der Waals surface area (Å²) < 4.78 is 5.27. The van der Waals surface area contributed by atoms with Gasteiger partial charge in [0.05, 0.1) is 18.1 Å². The molecule has 0 fully saturated rings. The number of hydrogen-bond donors (Lipinski definition) is 1. The van der Waals surface area contributed by atoms with Gasteiger partial charge in [-0.3, -0.25) is 14.9 Å². The zero-order valence-electron chi connectivity index (χ0n) is 12.3. The Kier molecular flexibility index (Phi) is 4.73. The third kappa shape index (κ3) is 3.41. The minimum absolute atomic E-state index is 0.0469. The molecular formula is C16H16N2O4. The fraction of sp³-hybridized carbons (Fsp3) is 0.188. The van der Waals surface area contributed by atoms with E-state index in [1.807, 2.05) is 31.2 Å². The molecule has 6 heteroatoms. The first kappa shape index (κ1) is 15.5. The number of para-hydroxylation sites is 1. The Bertz CT molecular complexity index is 683. The standard InChI is InChI=1S/C16H16N2O4/c1-11(14-5-3-4-6-15(14)22-2)17-16(19)12-7-9-13(10-8-12)18(20)21/h3-11H,1-2H3,(H,17,19). The number of methoxy groups -OCH3 is 1. The summed E-state index contributed by atoms with van der Waals surface area (Å²) in [5, 5.41) is 13.5. The van der Waals surface area contributed by atoms with Crippen LogP contribution in [0.3, 0.4) is 0 Å². The van der Waals surface area contributed by atoms with Crippen LogP contribution in [-0.4, -0.2) is 17.9 Å². The Morgan fingerprint density at radius 1 is 1.18 bits per heavy atom. The second-order valence-electron chi connectivity index (χ2n) is 4.74. The number of nitro benzene ring substituents is 1. The highest BCUT2D eigenvalue weighted by atomic mass is 16.6. The Morgan fingerprint density at radius 2 is 1.82 bits per heavy atom.